The second kappa shape index (κ2) is 16.2. The Balaban J connectivity index is 0.000000182. The average Bonchev–Trinajstić information content (AvgIpc) is 3.83. The maximum absolute atomic E-state index is 3.50. The molecule has 8 rings (SSSR count). The summed E-state index contributed by atoms with van der Waals surface area (Å²) >= 11 is 1.55. The molecule has 5 aromatic rings. The molecule has 0 aromatic heterocycles. The van der Waals surface area contributed by atoms with Crippen LogP contribution in [0.2, 0.25) is 0 Å². The number of allylic oxidation sites excluding steroid dienone is 2. The van der Waals surface area contributed by atoms with Crippen LogP contribution in [0.15, 0.2) is 115 Å². The fraction of sp³-hybridized carbons (Fsp3) is 0.277. The summed E-state index contributed by atoms with van der Waals surface area (Å²) in [7, 11) is 0. The Morgan fingerprint density at radius 1 is 0.740 bits per heavy atom. The molecule has 0 saturated carbocycles. The van der Waals surface area contributed by atoms with Crippen molar-refractivity contribution in [3.63, 3.8) is 0 Å². The van der Waals surface area contributed by atoms with Gasteiger partial charge in [0.15, 0.2) is 0 Å². The predicted molar refractivity (Wildman–Crippen MR) is 204 cm³/mol. The van der Waals surface area contributed by atoms with Crippen molar-refractivity contribution in [1.82, 2.24) is 0 Å². The van der Waals surface area contributed by atoms with E-state index in [1.807, 2.05) is 0 Å². The predicted octanol–water partition coefficient (Wildman–Crippen LogP) is 5.57. The van der Waals surface area contributed by atoms with Crippen LogP contribution < -0.4 is 24.8 Å². The van der Waals surface area contributed by atoms with Gasteiger partial charge in [0.25, 0.3) is 0 Å². The molecule has 3 heteroatoms. The Bertz CT molecular complexity index is 1850. The third kappa shape index (κ3) is 9.09. The summed E-state index contributed by atoms with van der Waals surface area (Å²) < 4.78 is 1.60. The number of hydrogen-bond acceptors (Lipinski definition) is 0. The van der Waals surface area contributed by atoms with Gasteiger partial charge in [-0.3, -0.25) is 6.08 Å². The minimum absolute atomic E-state index is 0. The molecule has 0 nitrogen and oxygen atoms in total. The fourth-order valence-corrected chi connectivity index (χ4v) is 8.03. The van der Waals surface area contributed by atoms with E-state index < -0.39 is 0 Å². The molecule has 0 amide bonds. The van der Waals surface area contributed by atoms with Gasteiger partial charge in [-0.1, -0.05) is 83.6 Å². The van der Waals surface area contributed by atoms with Crippen LogP contribution in [-0.2, 0) is 59.7 Å². The molecule has 0 heterocycles. The second-order valence-electron chi connectivity index (χ2n) is 15.7. The van der Waals surface area contributed by atoms with Gasteiger partial charge in [0.1, 0.15) is 0 Å². The number of halogens is 2. The van der Waals surface area contributed by atoms with E-state index in [9.17, 15) is 0 Å². The molecule has 256 valence electrons. The Morgan fingerprint density at radius 2 is 1.28 bits per heavy atom. The van der Waals surface area contributed by atoms with Crippen molar-refractivity contribution in [2.45, 2.75) is 84.0 Å². The molecule has 5 aromatic carbocycles. The van der Waals surface area contributed by atoms with Gasteiger partial charge in [-0.15, -0.1) is 11.6 Å². The van der Waals surface area contributed by atoms with Crippen LogP contribution in [0.5, 0.6) is 0 Å². The Labute approximate surface area is 328 Å². The van der Waals surface area contributed by atoms with E-state index in [1.54, 1.807) is 27.4 Å². The van der Waals surface area contributed by atoms with Crippen LogP contribution >= 0.6 is 0 Å². The molecule has 50 heavy (non-hydrogen) atoms. The van der Waals surface area contributed by atoms with Crippen LogP contribution in [0.25, 0.3) is 23.3 Å². The molecule has 0 fully saturated rings. The third-order valence-corrected chi connectivity index (χ3v) is 10.8. The maximum atomic E-state index is 3.50. The van der Waals surface area contributed by atoms with Crippen molar-refractivity contribution in [3.05, 3.63) is 171 Å². The number of benzene rings is 4. The van der Waals surface area contributed by atoms with Crippen molar-refractivity contribution in [1.29, 1.82) is 0 Å². The molecular formula is C47H48Cl2Zr-2. The van der Waals surface area contributed by atoms with Gasteiger partial charge in [0.05, 0.1) is 0 Å². The first-order chi connectivity index (χ1) is 22.8. The van der Waals surface area contributed by atoms with E-state index in [0.717, 1.165) is 19.3 Å². The van der Waals surface area contributed by atoms with E-state index >= 15 is 0 Å². The van der Waals surface area contributed by atoms with Gasteiger partial charge in [-0.2, -0.15) is 29.3 Å². The summed E-state index contributed by atoms with van der Waals surface area (Å²) in [6.07, 6.45) is 13.6. The van der Waals surface area contributed by atoms with Crippen LogP contribution in [0.3, 0.4) is 0 Å². The second-order valence-corrected chi connectivity index (χ2v) is 17.4. The number of rotatable bonds is 4. The summed E-state index contributed by atoms with van der Waals surface area (Å²) in [6, 6.07) is 39.6. The third-order valence-electron chi connectivity index (χ3n) is 9.91. The molecule has 0 bridgehead atoms. The van der Waals surface area contributed by atoms with Crippen molar-refractivity contribution >= 4 is 15.4 Å². The van der Waals surface area contributed by atoms with E-state index in [2.05, 4.69) is 182 Å². The number of fused-ring (bicyclic) bond motifs is 5. The first kappa shape index (κ1) is 39.8. The van der Waals surface area contributed by atoms with Crippen LogP contribution in [0, 0.1) is 6.08 Å². The van der Waals surface area contributed by atoms with Gasteiger partial charge in [-0.05, 0) is 45.9 Å². The van der Waals surface area contributed by atoms with E-state index in [0.29, 0.717) is 5.41 Å². The van der Waals surface area contributed by atoms with E-state index in [1.165, 1.54) is 61.2 Å². The van der Waals surface area contributed by atoms with Crippen LogP contribution in [-0.4, -0.2) is 3.21 Å². The summed E-state index contributed by atoms with van der Waals surface area (Å²) in [5.74, 6) is 0. The molecule has 3 aliphatic rings. The molecule has 0 spiro atoms. The van der Waals surface area contributed by atoms with Crippen LogP contribution in [0.4, 0.5) is 0 Å². The van der Waals surface area contributed by atoms with Crippen LogP contribution in [0.1, 0.15) is 98.5 Å². The number of hydrogen-bond donors (Lipinski definition) is 0. The van der Waals surface area contributed by atoms with Crippen molar-refractivity contribution in [2.75, 3.05) is 0 Å². The SMILES string of the molecule is CC(C)(C)c1cc[cH-]c1.CC1(C)[C-]=Cc2cc3c(cc21)Cc1cc2c(cc1-3)C=CC2(C)C.[Cl-].[Cl-].[Zr+2]=[C](Cc1ccccc1)Cc1ccccc1. The first-order valence-electron chi connectivity index (χ1n) is 17.3. The summed E-state index contributed by atoms with van der Waals surface area (Å²) in [4.78, 5) is 0. The first-order valence-corrected chi connectivity index (χ1v) is 18.5. The molecular weight excluding hydrogens is 727 g/mol. The monoisotopic (exact) mass is 772 g/mol. The molecule has 0 saturated heterocycles. The molecule has 0 N–H and O–H groups in total. The molecule has 0 aliphatic heterocycles. The van der Waals surface area contributed by atoms with E-state index in [4.69, 9.17) is 0 Å². The zero-order valence-corrected chi connectivity index (χ0v) is 34.5. The standard InChI is InChI=1S/C23H21.C15H14.C9H13.2ClH.Zr/c1-22(2)7-5-14-10-18-16(12-20(14)22)9-17-13-21-15(11-19(17)18)6-8-23(21,3)4;1-3-8-14(9-4-1)12-7-13-15-10-5-2-6-11-15;1-9(2,3)8-6-4-5-7-8;;;/h5-7,10-13H,9H2,1-4H3;1-6,8-11H,12-13H2;4-7H,1-3H3;2*1H;/q-1;;-1;;;+2/p-2. The molecule has 0 unspecified atom stereocenters. The minimum atomic E-state index is 0. The Morgan fingerprint density at radius 3 is 1.78 bits per heavy atom. The van der Waals surface area contributed by atoms with Gasteiger partial charge >= 0.3 is 112 Å². The zero-order valence-electron chi connectivity index (χ0n) is 30.5. The van der Waals surface area contributed by atoms with Crippen molar-refractivity contribution in [2.24, 2.45) is 0 Å². The molecule has 0 radical (unpaired) electrons. The Kier molecular flexibility index (Phi) is 12.9. The summed E-state index contributed by atoms with van der Waals surface area (Å²) in [5, 5.41) is 0. The van der Waals surface area contributed by atoms with Crippen molar-refractivity contribution < 1.29 is 49.0 Å². The van der Waals surface area contributed by atoms with Gasteiger partial charge in [0.2, 0.25) is 0 Å². The molecule has 3 aliphatic carbocycles. The topological polar surface area (TPSA) is 0 Å². The van der Waals surface area contributed by atoms with Crippen molar-refractivity contribution in [3.8, 4) is 11.1 Å². The van der Waals surface area contributed by atoms with Gasteiger partial charge < -0.3 is 24.8 Å². The zero-order chi connectivity index (χ0) is 34.1. The van der Waals surface area contributed by atoms with E-state index in [-0.39, 0.29) is 35.6 Å². The quantitative estimate of drug-likeness (QED) is 0.206. The summed E-state index contributed by atoms with van der Waals surface area (Å²) in [6.45, 7) is 15.8. The Hall–Kier alpha value is -2.96. The summed E-state index contributed by atoms with van der Waals surface area (Å²) in [5.41, 5.74) is 16.3. The average molecular weight is 775 g/mol. The fourth-order valence-electron chi connectivity index (χ4n) is 7.02. The molecule has 0 atom stereocenters. The normalized spacial score (nSPS) is 14.7. The van der Waals surface area contributed by atoms with Gasteiger partial charge in [-0.25, -0.2) is 12.1 Å². The van der Waals surface area contributed by atoms with Gasteiger partial charge in [0, 0.05) is 5.41 Å².